The molecule has 1 aliphatic heterocycles. The van der Waals surface area contributed by atoms with Gasteiger partial charge in [-0.25, -0.2) is 0 Å². The summed E-state index contributed by atoms with van der Waals surface area (Å²) in [5.41, 5.74) is -1.26. The molecule has 2 aliphatic rings. The van der Waals surface area contributed by atoms with Crippen LogP contribution in [-0.2, 0) is 20.5 Å². The number of alkyl halides is 3. The van der Waals surface area contributed by atoms with Crippen LogP contribution >= 0.6 is 0 Å². The van der Waals surface area contributed by atoms with Crippen LogP contribution in [0.15, 0.2) is 54.7 Å². The van der Waals surface area contributed by atoms with E-state index < -0.39 is 29.3 Å². The molecular formula is C21H18F3N3O3. The third-order valence-electron chi connectivity index (χ3n) is 4.71. The molecule has 1 aromatic carbocycles. The number of anilines is 1. The van der Waals surface area contributed by atoms with E-state index in [9.17, 15) is 22.8 Å². The standard InChI is InChI=1S/C21H18F3N3O3/c1-2-7-30-12-14-11-27(20(26-14)17-9-16(28)5-6-19(17)29)15-4-3-13(10-25)18(8-15)21(22,23)24/h2-6,8-9,14,20,26H,1,7,11-12H2. The fourth-order valence-corrected chi connectivity index (χ4v) is 3.40. The number of halogens is 3. The first-order chi connectivity index (χ1) is 14.2. The van der Waals surface area contributed by atoms with Crippen molar-refractivity contribution < 1.29 is 27.5 Å². The van der Waals surface area contributed by atoms with E-state index in [-0.39, 0.29) is 36.2 Å². The number of nitriles is 1. The van der Waals surface area contributed by atoms with Gasteiger partial charge in [0.05, 0.1) is 30.4 Å². The van der Waals surface area contributed by atoms with Gasteiger partial charge in [-0.3, -0.25) is 14.9 Å². The van der Waals surface area contributed by atoms with Crippen LogP contribution in [0.1, 0.15) is 11.1 Å². The third-order valence-corrected chi connectivity index (χ3v) is 4.71. The van der Waals surface area contributed by atoms with Crippen molar-refractivity contribution in [3.8, 4) is 6.07 Å². The number of carbonyl (C=O) groups excluding carboxylic acids is 2. The number of carbonyl (C=O) groups is 2. The number of hydrogen-bond donors (Lipinski definition) is 1. The predicted octanol–water partition coefficient (Wildman–Crippen LogP) is 2.52. The molecule has 1 N–H and O–H groups in total. The maximum Gasteiger partial charge on any atom is 0.417 e. The summed E-state index contributed by atoms with van der Waals surface area (Å²) < 4.78 is 45.7. The molecule has 1 aliphatic carbocycles. The highest BCUT2D eigenvalue weighted by molar-refractivity contribution is 6.18. The number of rotatable bonds is 6. The van der Waals surface area contributed by atoms with Crippen LogP contribution in [0, 0.1) is 11.3 Å². The van der Waals surface area contributed by atoms with Crippen LogP contribution in [0.5, 0.6) is 0 Å². The molecule has 1 saturated heterocycles. The second kappa shape index (κ2) is 8.65. The normalized spacial score (nSPS) is 21.5. The van der Waals surface area contributed by atoms with E-state index in [1.54, 1.807) is 17.0 Å². The highest BCUT2D eigenvalue weighted by Crippen LogP contribution is 2.36. The number of hydrogen-bond acceptors (Lipinski definition) is 6. The Hall–Kier alpha value is -3.22. The number of benzene rings is 1. The zero-order valence-electron chi connectivity index (χ0n) is 15.8. The first kappa shape index (κ1) is 21.5. The number of nitrogens with one attached hydrogen (secondary N) is 1. The molecule has 0 aromatic heterocycles. The maximum absolute atomic E-state index is 13.4. The van der Waals surface area contributed by atoms with Gasteiger partial charge in [-0.2, -0.15) is 18.4 Å². The van der Waals surface area contributed by atoms with Crippen molar-refractivity contribution in [2.24, 2.45) is 0 Å². The van der Waals surface area contributed by atoms with E-state index in [4.69, 9.17) is 10.00 Å². The van der Waals surface area contributed by atoms with Crippen LogP contribution in [0.4, 0.5) is 18.9 Å². The predicted molar refractivity (Wildman–Crippen MR) is 102 cm³/mol. The molecule has 0 saturated carbocycles. The molecule has 0 amide bonds. The van der Waals surface area contributed by atoms with E-state index in [0.29, 0.717) is 6.61 Å². The fourth-order valence-electron chi connectivity index (χ4n) is 3.40. The summed E-state index contributed by atoms with van der Waals surface area (Å²) in [5.74, 6) is -0.789. The number of ketones is 2. The second-order valence-corrected chi connectivity index (χ2v) is 6.78. The van der Waals surface area contributed by atoms with Crippen molar-refractivity contribution in [3.05, 3.63) is 65.8 Å². The summed E-state index contributed by atoms with van der Waals surface area (Å²) in [6, 6.07) is 4.60. The number of allylic oxidation sites excluding steroid dienone is 3. The molecule has 3 rings (SSSR count). The highest BCUT2D eigenvalue weighted by atomic mass is 19.4. The number of nitrogens with zero attached hydrogens (tertiary/aromatic N) is 2. The highest BCUT2D eigenvalue weighted by Gasteiger charge is 2.39. The summed E-state index contributed by atoms with van der Waals surface area (Å²) in [5, 5.41) is 12.2. The first-order valence-electron chi connectivity index (χ1n) is 9.05. The Bertz CT molecular complexity index is 976. The summed E-state index contributed by atoms with van der Waals surface area (Å²) in [4.78, 5) is 25.7. The Balaban J connectivity index is 1.99. The lowest BCUT2D eigenvalue weighted by Crippen LogP contribution is -2.42. The summed E-state index contributed by atoms with van der Waals surface area (Å²) in [6.07, 6.45) is -0.518. The molecular weight excluding hydrogens is 399 g/mol. The maximum atomic E-state index is 13.4. The minimum atomic E-state index is -4.71. The Morgan fingerprint density at radius 2 is 2.10 bits per heavy atom. The second-order valence-electron chi connectivity index (χ2n) is 6.78. The monoisotopic (exact) mass is 417 g/mol. The van der Waals surface area contributed by atoms with Gasteiger partial charge in [0.2, 0.25) is 0 Å². The van der Waals surface area contributed by atoms with E-state index in [1.807, 2.05) is 0 Å². The smallest absolute Gasteiger partial charge is 0.376 e. The summed E-state index contributed by atoms with van der Waals surface area (Å²) in [7, 11) is 0. The van der Waals surface area contributed by atoms with Crippen molar-refractivity contribution in [3.63, 3.8) is 0 Å². The zero-order valence-corrected chi connectivity index (χ0v) is 15.8. The van der Waals surface area contributed by atoms with Crippen LogP contribution in [0.3, 0.4) is 0 Å². The first-order valence-corrected chi connectivity index (χ1v) is 9.05. The van der Waals surface area contributed by atoms with Gasteiger partial charge in [0.15, 0.2) is 11.6 Å². The van der Waals surface area contributed by atoms with Gasteiger partial charge < -0.3 is 9.64 Å². The van der Waals surface area contributed by atoms with E-state index in [0.717, 1.165) is 24.3 Å². The third kappa shape index (κ3) is 4.50. The SMILES string of the molecule is C=CCOCC1CN(c2ccc(C#N)c(C(F)(F)F)c2)C(C2=CC(=O)C=CC2=O)N1. The van der Waals surface area contributed by atoms with Gasteiger partial charge in [-0.1, -0.05) is 6.08 Å². The van der Waals surface area contributed by atoms with E-state index in [1.165, 1.54) is 12.1 Å². The molecule has 6 nitrogen and oxygen atoms in total. The van der Waals surface area contributed by atoms with Gasteiger partial charge in [0.1, 0.15) is 6.17 Å². The van der Waals surface area contributed by atoms with Gasteiger partial charge in [0.25, 0.3) is 0 Å². The largest absolute Gasteiger partial charge is 0.417 e. The molecule has 156 valence electrons. The van der Waals surface area contributed by atoms with Crippen molar-refractivity contribution >= 4 is 17.3 Å². The van der Waals surface area contributed by atoms with Crippen LogP contribution in [0.25, 0.3) is 0 Å². The minimum absolute atomic E-state index is 0.131. The number of ether oxygens (including phenoxy) is 1. The molecule has 1 heterocycles. The van der Waals surface area contributed by atoms with Gasteiger partial charge in [-0.15, -0.1) is 6.58 Å². The lowest BCUT2D eigenvalue weighted by atomic mass is 10.00. The van der Waals surface area contributed by atoms with Crippen LogP contribution in [-0.4, -0.2) is 43.5 Å². The molecule has 9 heteroatoms. The molecule has 0 spiro atoms. The van der Waals surface area contributed by atoms with Crippen molar-refractivity contribution in [2.75, 3.05) is 24.7 Å². The topological polar surface area (TPSA) is 82.4 Å². The van der Waals surface area contributed by atoms with Crippen LogP contribution in [0.2, 0.25) is 0 Å². The molecule has 2 atom stereocenters. The molecule has 1 fully saturated rings. The average Bonchev–Trinajstić information content (AvgIpc) is 3.13. The Kier molecular flexibility index (Phi) is 6.20. The quantitative estimate of drug-likeness (QED) is 0.435. The molecule has 30 heavy (non-hydrogen) atoms. The lowest BCUT2D eigenvalue weighted by molar-refractivity contribution is -0.137. The zero-order chi connectivity index (χ0) is 21.9. The Morgan fingerprint density at radius 3 is 2.77 bits per heavy atom. The summed E-state index contributed by atoms with van der Waals surface area (Å²) in [6.45, 7) is 4.31. The van der Waals surface area contributed by atoms with Crippen LogP contribution < -0.4 is 10.2 Å². The Labute approximate surface area is 170 Å². The summed E-state index contributed by atoms with van der Waals surface area (Å²) >= 11 is 0. The van der Waals surface area contributed by atoms with Crippen molar-refractivity contribution in [2.45, 2.75) is 18.4 Å². The minimum Gasteiger partial charge on any atom is -0.376 e. The van der Waals surface area contributed by atoms with Gasteiger partial charge in [-0.05, 0) is 36.4 Å². The molecule has 1 aromatic rings. The average molecular weight is 417 g/mol. The van der Waals surface area contributed by atoms with E-state index in [2.05, 4.69) is 11.9 Å². The van der Waals surface area contributed by atoms with Gasteiger partial charge in [0, 0.05) is 23.8 Å². The van der Waals surface area contributed by atoms with Crippen molar-refractivity contribution in [1.82, 2.24) is 5.32 Å². The van der Waals surface area contributed by atoms with Gasteiger partial charge >= 0.3 is 6.18 Å². The molecule has 0 bridgehead atoms. The lowest BCUT2D eigenvalue weighted by Gasteiger charge is -2.28. The molecule has 2 unspecified atom stereocenters. The molecule has 0 radical (unpaired) electrons. The van der Waals surface area contributed by atoms with Crippen molar-refractivity contribution in [1.29, 1.82) is 5.26 Å². The Morgan fingerprint density at radius 1 is 1.33 bits per heavy atom. The van der Waals surface area contributed by atoms with E-state index >= 15 is 0 Å². The fraction of sp³-hybridized carbons (Fsp3) is 0.286.